The summed E-state index contributed by atoms with van der Waals surface area (Å²) in [5.74, 6) is 0.289. The maximum atomic E-state index is 12.4. The number of rotatable bonds is 3. The maximum absolute atomic E-state index is 12.4. The molecule has 2 atom stereocenters. The van der Waals surface area contributed by atoms with Gasteiger partial charge in [-0.3, -0.25) is 4.79 Å². The minimum absolute atomic E-state index is 0.103. The number of hydrogen-bond donors (Lipinski definition) is 2. The molecule has 1 amide bonds. The molecule has 1 fully saturated rings. The van der Waals surface area contributed by atoms with Crippen LogP contribution >= 0.6 is 0 Å². The van der Waals surface area contributed by atoms with Crippen molar-refractivity contribution in [1.82, 2.24) is 5.32 Å². The molecule has 4 nitrogen and oxygen atoms in total. The SMILES string of the molecule is CC1CCCCC1(CN)NC(=O)c1ccc(C#N)cc1. The van der Waals surface area contributed by atoms with Crippen molar-refractivity contribution in [3.8, 4) is 6.07 Å². The third-order valence-corrected chi connectivity index (χ3v) is 4.46. The van der Waals surface area contributed by atoms with Crippen LogP contribution in [0.2, 0.25) is 0 Å². The Morgan fingerprint density at radius 1 is 1.45 bits per heavy atom. The van der Waals surface area contributed by atoms with Crippen molar-refractivity contribution in [1.29, 1.82) is 5.26 Å². The molecule has 0 aromatic heterocycles. The molecule has 1 saturated carbocycles. The molecule has 0 bridgehead atoms. The van der Waals surface area contributed by atoms with Crippen LogP contribution in [-0.4, -0.2) is 18.0 Å². The van der Waals surface area contributed by atoms with Crippen molar-refractivity contribution in [2.45, 2.75) is 38.1 Å². The Kier molecular flexibility index (Phi) is 4.41. The van der Waals surface area contributed by atoms with Crippen molar-refractivity contribution < 1.29 is 4.79 Å². The van der Waals surface area contributed by atoms with Gasteiger partial charge in [0, 0.05) is 12.1 Å². The van der Waals surface area contributed by atoms with E-state index in [4.69, 9.17) is 11.0 Å². The summed E-state index contributed by atoms with van der Waals surface area (Å²) in [5, 5.41) is 11.9. The molecule has 106 valence electrons. The van der Waals surface area contributed by atoms with Gasteiger partial charge in [0.2, 0.25) is 0 Å². The quantitative estimate of drug-likeness (QED) is 0.884. The highest BCUT2D eigenvalue weighted by Crippen LogP contribution is 2.33. The Morgan fingerprint density at radius 3 is 2.70 bits per heavy atom. The van der Waals surface area contributed by atoms with E-state index in [-0.39, 0.29) is 11.4 Å². The average Bonchev–Trinajstić information content (AvgIpc) is 2.49. The predicted molar refractivity (Wildman–Crippen MR) is 78.0 cm³/mol. The van der Waals surface area contributed by atoms with Crippen LogP contribution in [0.25, 0.3) is 0 Å². The summed E-state index contributed by atoms with van der Waals surface area (Å²) < 4.78 is 0. The van der Waals surface area contributed by atoms with Gasteiger partial charge in [-0.05, 0) is 43.0 Å². The summed E-state index contributed by atoms with van der Waals surface area (Å²) in [7, 11) is 0. The van der Waals surface area contributed by atoms with Crippen LogP contribution in [0.5, 0.6) is 0 Å². The number of nitrogens with zero attached hydrogens (tertiary/aromatic N) is 1. The van der Waals surface area contributed by atoms with Crippen molar-refractivity contribution >= 4 is 5.91 Å². The van der Waals surface area contributed by atoms with E-state index in [0.29, 0.717) is 23.6 Å². The molecule has 0 aliphatic heterocycles. The lowest BCUT2D eigenvalue weighted by molar-refractivity contribution is 0.0813. The van der Waals surface area contributed by atoms with Crippen molar-refractivity contribution in [3.63, 3.8) is 0 Å². The zero-order valence-corrected chi connectivity index (χ0v) is 11.9. The van der Waals surface area contributed by atoms with Crippen LogP contribution in [0, 0.1) is 17.2 Å². The lowest BCUT2D eigenvalue weighted by Gasteiger charge is -2.42. The molecule has 4 heteroatoms. The summed E-state index contributed by atoms with van der Waals surface area (Å²) in [6.07, 6.45) is 4.35. The molecule has 0 spiro atoms. The summed E-state index contributed by atoms with van der Waals surface area (Å²) in [6, 6.07) is 8.74. The van der Waals surface area contributed by atoms with E-state index in [2.05, 4.69) is 12.2 Å². The maximum Gasteiger partial charge on any atom is 0.251 e. The van der Waals surface area contributed by atoms with Gasteiger partial charge in [0.15, 0.2) is 0 Å². The third kappa shape index (κ3) is 2.83. The number of carbonyl (C=O) groups excluding carboxylic acids is 1. The smallest absolute Gasteiger partial charge is 0.251 e. The molecule has 0 radical (unpaired) electrons. The summed E-state index contributed by atoms with van der Waals surface area (Å²) in [4.78, 5) is 12.4. The Bertz CT molecular complexity index is 518. The van der Waals surface area contributed by atoms with Crippen LogP contribution in [0.15, 0.2) is 24.3 Å². The van der Waals surface area contributed by atoms with Gasteiger partial charge in [-0.2, -0.15) is 5.26 Å². The zero-order chi connectivity index (χ0) is 14.6. The van der Waals surface area contributed by atoms with E-state index >= 15 is 0 Å². The van der Waals surface area contributed by atoms with Gasteiger partial charge in [-0.1, -0.05) is 19.8 Å². The standard InChI is InChI=1S/C16H21N3O/c1-12-4-2-3-9-16(12,11-18)19-15(20)14-7-5-13(10-17)6-8-14/h5-8,12H,2-4,9,11,18H2,1H3,(H,19,20). The second kappa shape index (κ2) is 6.06. The second-order valence-electron chi connectivity index (χ2n) is 5.65. The number of nitriles is 1. The van der Waals surface area contributed by atoms with Gasteiger partial charge < -0.3 is 11.1 Å². The van der Waals surface area contributed by atoms with Gasteiger partial charge in [-0.15, -0.1) is 0 Å². The largest absolute Gasteiger partial charge is 0.345 e. The fraction of sp³-hybridized carbons (Fsp3) is 0.500. The van der Waals surface area contributed by atoms with Crippen molar-refractivity contribution in [2.75, 3.05) is 6.54 Å². The van der Waals surface area contributed by atoms with Crippen molar-refractivity contribution in [3.05, 3.63) is 35.4 Å². The Morgan fingerprint density at radius 2 is 2.15 bits per heavy atom. The first-order valence-electron chi connectivity index (χ1n) is 7.14. The number of hydrogen-bond acceptors (Lipinski definition) is 3. The fourth-order valence-electron chi connectivity index (χ4n) is 2.95. The molecule has 1 aromatic rings. The lowest BCUT2D eigenvalue weighted by Crippen LogP contribution is -2.59. The number of amides is 1. The highest BCUT2D eigenvalue weighted by molar-refractivity contribution is 5.94. The number of nitrogens with two attached hydrogens (primary N) is 1. The Balaban J connectivity index is 2.14. The summed E-state index contributed by atoms with van der Waals surface area (Å²) in [5.41, 5.74) is 6.79. The van der Waals surface area contributed by atoms with E-state index < -0.39 is 0 Å². The summed E-state index contributed by atoms with van der Waals surface area (Å²) in [6.45, 7) is 2.63. The van der Waals surface area contributed by atoms with Gasteiger partial charge in [-0.25, -0.2) is 0 Å². The number of carbonyl (C=O) groups is 1. The van der Waals surface area contributed by atoms with E-state index in [1.54, 1.807) is 24.3 Å². The zero-order valence-electron chi connectivity index (χ0n) is 11.9. The minimum atomic E-state index is -0.288. The Hall–Kier alpha value is -1.86. The lowest BCUT2D eigenvalue weighted by atomic mass is 9.73. The number of nitrogens with one attached hydrogen (secondary N) is 1. The molecule has 1 aliphatic rings. The normalized spacial score (nSPS) is 25.8. The molecule has 2 rings (SSSR count). The summed E-state index contributed by atoms with van der Waals surface area (Å²) >= 11 is 0. The van der Waals surface area contributed by atoms with E-state index in [0.717, 1.165) is 19.3 Å². The molecular weight excluding hydrogens is 250 g/mol. The predicted octanol–water partition coefficient (Wildman–Crippen LogP) is 2.20. The molecule has 1 aromatic carbocycles. The third-order valence-electron chi connectivity index (χ3n) is 4.46. The molecule has 20 heavy (non-hydrogen) atoms. The topological polar surface area (TPSA) is 78.9 Å². The number of benzene rings is 1. The Labute approximate surface area is 120 Å². The molecule has 2 unspecified atom stereocenters. The van der Waals surface area contributed by atoms with E-state index in [9.17, 15) is 4.79 Å². The van der Waals surface area contributed by atoms with Crippen LogP contribution in [0.1, 0.15) is 48.5 Å². The van der Waals surface area contributed by atoms with Gasteiger partial charge >= 0.3 is 0 Å². The average molecular weight is 271 g/mol. The van der Waals surface area contributed by atoms with E-state index in [1.807, 2.05) is 6.07 Å². The molecular formula is C16H21N3O. The first-order valence-corrected chi connectivity index (χ1v) is 7.14. The minimum Gasteiger partial charge on any atom is -0.345 e. The monoisotopic (exact) mass is 271 g/mol. The first-order chi connectivity index (χ1) is 9.61. The van der Waals surface area contributed by atoms with Gasteiger partial charge in [0.05, 0.1) is 17.2 Å². The first kappa shape index (κ1) is 14.5. The molecule has 3 N–H and O–H groups in total. The van der Waals surface area contributed by atoms with Crippen LogP contribution < -0.4 is 11.1 Å². The van der Waals surface area contributed by atoms with Gasteiger partial charge in [0.25, 0.3) is 5.91 Å². The highest BCUT2D eigenvalue weighted by atomic mass is 16.1. The van der Waals surface area contributed by atoms with Crippen LogP contribution in [-0.2, 0) is 0 Å². The van der Waals surface area contributed by atoms with Crippen LogP contribution in [0.3, 0.4) is 0 Å². The van der Waals surface area contributed by atoms with E-state index in [1.165, 1.54) is 6.42 Å². The molecule has 0 saturated heterocycles. The highest BCUT2D eigenvalue weighted by Gasteiger charge is 2.38. The van der Waals surface area contributed by atoms with Crippen LogP contribution in [0.4, 0.5) is 0 Å². The second-order valence-corrected chi connectivity index (χ2v) is 5.65. The fourth-order valence-corrected chi connectivity index (χ4v) is 2.95. The molecule has 1 aliphatic carbocycles. The van der Waals surface area contributed by atoms with Crippen molar-refractivity contribution in [2.24, 2.45) is 11.7 Å². The van der Waals surface area contributed by atoms with Gasteiger partial charge in [0.1, 0.15) is 0 Å². The molecule has 0 heterocycles.